The Labute approximate surface area is 279 Å². The Morgan fingerprint density at radius 3 is 1.46 bits per heavy atom. The van der Waals surface area contributed by atoms with Crippen LogP contribution in [-0.4, -0.2) is 31.5 Å². The number of benzene rings is 4. The number of rotatable bonds is 12. The maximum absolute atomic E-state index is 12.5. The number of hydrogen-bond donors (Lipinski definition) is 0. The van der Waals surface area contributed by atoms with Crippen LogP contribution >= 0.6 is 0 Å². The molecule has 0 heterocycles. The molecule has 0 atom stereocenters. The van der Waals surface area contributed by atoms with Crippen LogP contribution in [0.5, 0.6) is 17.2 Å². The monoisotopic (exact) mass is 642 g/mol. The van der Waals surface area contributed by atoms with Crippen LogP contribution < -0.4 is 14.2 Å². The molecule has 0 aliphatic heterocycles. The molecule has 0 unspecified atom stereocenters. The van der Waals surface area contributed by atoms with Crippen molar-refractivity contribution in [1.82, 2.24) is 0 Å². The van der Waals surface area contributed by atoms with E-state index in [4.69, 9.17) is 23.7 Å². The summed E-state index contributed by atoms with van der Waals surface area (Å²) in [5.41, 5.74) is 5.71. The van der Waals surface area contributed by atoms with Crippen molar-refractivity contribution in [3.05, 3.63) is 139 Å². The molecule has 242 valence electrons. The summed E-state index contributed by atoms with van der Waals surface area (Å²) in [4.78, 5) is 35.5. The Balaban J connectivity index is 1.47. The SMILES string of the molecule is C=C(C)C(=O)OCOc1ccc(C#Cc2ccc(-c3ccc(-c4ccc(OCOC(=O)C(=C)C)cc4)cc3)c(OC(=O)C(=C)C)c2)cc1. The van der Waals surface area contributed by atoms with Crippen molar-refractivity contribution in [2.24, 2.45) is 0 Å². The van der Waals surface area contributed by atoms with Gasteiger partial charge in [0.2, 0.25) is 13.6 Å². The lowest BCUT2D eigenvalue weighted by atomic mass is 9.98. The molecule has 0 bridgehead atoms. The fourth-order valence-electron chi connectivity index (χ4n) is 4.02. The maximum Gasteiger partial charge on any atom is 0.338 e. The van der Waals surface area contributed by atoms with E-state index in [1.54, 1.807) is 63.2 Å². The Hall–Kier alpha value is -6.33. The molecule has 0 aliphatic carbocycles. The minimum absolute atomic E-state index is 0.206. The van der Waals surface area contributed by atoms with Crippen LogP contribution in [0.3, 0.4) is 0 Å². The third-order valence-electron chi connectivity index (χ3n) is 6.65. The molecule has 0 spiro atoms. The molecule has 0 aliphatic rings. The lowest BCUT2D eigenvalue weighted by Crippen LogP contribution is -2.10. The first-order valence-corrected chi connectivity index (χ1v) is 14.8. The highest BCUT2D eigenvalue weighted by atomic mass is 16.7. The summed E-state index contributed by atoms with van der Waals surface area (Å²) in [6, 6.07) is 27.6. The molecule has 0 N–H and O–H groups in total. The third-order valence-corrected chi connectivity index (χ3v) is 6.65. The summed E-state index contributed by atoms with van der Waals surface area (Å²) >= 11 is 0. The van der Waals surface area contributed by atoms with Crippen molar-refractivity contribution in [2.75, 3.05) is 13.6 Å². The van der Waals surface area contributed by atoms with Crippen molar-refractivity contribution in [2.45, 2.75) is 20.8 Å². The molecule has 0 saturated carbocycles. The second-order valence-electron chi connectivity index (χ2n) is 10.7. The number of ether oxygens (including phenoxy) is 5. The molecule has 4 rings (SSSR count). The fraction of sp³-hybridized carbons (Fsp3) is 0.125. The molecule has 8 heteroatoms. The zero-order chi connectivity index (χ0) is 34.6. The first kappa shape index (κ1) is 34.5. The second-order valence-corrected chi connectivity index (χ2v) is 10.7. The molecule has 0 aromatic heterocycles. The Morgan fingerprint density at radius 1 is 0.542 bits per heavy atom. The first-order valence-electron chi connectivity index (χ1n) is 14.8. The van der Waals surface area contributed by atoms with Gasteiger partial charge >= 0.3 is 17.9 Å². The number of hydrogen-bond acceptors (Lipinski definition) is 8. The van der Waals surface area contributed by atoms with E-state index in [0.29, 0.717) is 39.5 Å². The topological polar surface area (TPSA) is 97.4 Å². The number of esters is 3. The minimum atomic E-state index is -0.542. The van der Waals surface area contributed by atoms with E-state index in [9.17, 15) is 14.4 Å². The quantitative estimate of drug-likeness (QED) is 0.0508. The van der Waals surface area contributed by atoms with Gasteiger partial charge in [0.15, 0.2) is 0 Å². The molecular formula is C40H34O8. The molecule has 0 fully saturated rings. The molecular weight excluding hydrogens is 608 g/mol. The highest BCUT2D eigenvalue weighted by Gasteiger charge is 2.13. The van der Waals surface area contributed by atoms with Crippen LogP contribution in [0.2, 0.25) is 0 Å². The van der Waals surface area contributed by atoms with Gasteiger partial charge in [-0.2, -0.15) is 0 Å². The summed E-state index contributed by atoms with van der Waals surface area (Å²) in [6.45, 7) is 15.0. The van der Waals surface area contributed by atoms with Crippen molar-refractivity contribution < 1.29 is 38.1 Å². The van der Waals surface area contributed by atoms with E-state index < -0.39 is 17.9 Å². The van der Waals surface area contributed by atoms with Crippen LogP contribution in [0.1, 0.15) is 31.9 Å². The van der Waals surface area contributed by atoms with E-state index >= 15 is 0 Å². The molecule has 0 radical (unpaired) electrons. The average molecular weight is 643 g/mol. The Morgan fingerprint density at radius 2 is 0.958 bits per heavy atom. The number of carbonyl (C=O) groups excluding carboxylic acids is 3. The summed E-state index contributed by atoms with van der Waals surface area (Å²) in [7, 11) is 0. The second kappa shape index (κ2) is 16.3. The van der Waals surface area contributed by atoms with Gasteiger partial charge in [0, 0.05) is 33.4 Å². The largest absolute Gasteiger partial charge is 0.457 e. The van der Waals surface area contributed by atoms with Gasteiger partial charge in [-0.3, -0.25) is 0 Å². The average Bonchev–Trinajstić information content (AvgIpc) is 3.08. The maximum atomic E-state index is 12.5. The third kappa shape index (κ3) is 9.83. The normalized spacial score (nSPS) is 10.1. The predicted molar refractivity (Wildman–Crippen MR) is 183 cm³/mol. The molecule has 0 saturated heterocycles. The van der Waals surface area contributed by atoms with E-state index in [0.717, 1.165) is 22.3 Å². The van der Waals surface area contributed by atoms with Crippen molar-refractivity contribution in [3.63, 3.8) is 0 Å². The zero-order valence-corrected chi connectivity index (χ0v) is 27.0. The zero-order valence-electron chi connectivity index (χ0n) is 27.0. The molecule has 48 heavy (non-hydrogen) atoms. The Kier molecular flexibility index (Phi) is 11.7. The van der Waals surface area contributed by atoms with Crippen LogP contribution in [0.15, 0.2) is 127 Å². The standard InChI is InChI=1S/C40H34O8/c1-26(2)38(41)46-24-44-34-18-9-29(10-19-34)7-8-30-11-22-36(37(23-30)48-40(43)28(5)6)33-14-12-31(13-15-33)32-16-20-35(21-17-32)45-25-47-39(42)27(3)4/h9-23H,1,3,5,24-25H2,2,4,6H3. The van der Waals surface area contributed by atoms with Crippen LogP contribution in [0, 0.1) is 11.8 Å². The van der Waals surface area contributed by atoms with Crippen molar-refractivity contribution in [3.8, 4) is 51.3 Å². The van der Waals surface area contributed by atoms with Gasteiger partial charge in [-0.15, -0.1) is 0 Å². The van der Waals surface area contributed by atoms with Gasteiger partial charge in [0.1, 0.15) is 17.2 Å². The Bertz CT molecular complexity index is 1910. The first-order chi connectivity index (χ1) is 23.0. The van der Waals surface area contributed by atoms with Gasteiger partial charge in [0.25, 0.3) is 0 Å². The van der Waals surface area contributed by atoms with Crippen LogP contribution in [0.4, 0.5) is 0 Å². The van der Waals surface area contributed by atoms with Gasteiger partial charge in [-0.1, -0.05) is 68.0 Å². The lowest BCUT2D eigenvalue weighted by molar-refractivity contribution is -0.146. The van der Waals surface area contributed by atoms with Crippen molar-refractivity contribution in [1.29, 1.82) is 0 Å². The predicted octanol–water partition coefficient (Wildman–Crippen LogP) is 7.81. The van der Waals surface area contributed by atoms with Crippen molar-refractivity contribution >= 4 is 17.9 Å². The molecule has 0 amide bonds. The van der Waals surface area contributed by atoms with Gasteiger partial charge in [0.05, 0.1) is 0 Å². The highest BCUT2D eigenvalue weighted by molar-refractivity contribution is 5.90. The molecule has 4 aromatic carbocycles. The van der Waals surface area contributed by atoms with Crippen LogP contribution in [0.25, 0.3) is 22.3 Å². The summed E-state index contributed by atoms with van der Waals surface area (Å²) in [6.07, 6.45) is 0. The highest BCUT2D eigenvalue weighted by Crippen LogP contribution is 2.33. The van der Waals surface area contributed by atoms with E-state index in [1.165, 1.54) is 0 Å². The van der Waals surface area contributed by atoms with E-state index in [-0.39, 0.29) is 19.2 Å². The smallest absolute Gasteiger partial charge is 0.338 e. The van der Waals surface area contributed by atoms with Gasteiger partial charge < -0.3 is 23.7 Å². The number of carbonyl (C=O) groups is 3. The van der Waals surface area contributed by atoms with Gasteiger partial charge in [-0.25, -0.2) is 14.4 Å². The molecule has 4 aromatic rings. The van der Waals surface area contributed by atoms with E-state index in [2.05, 4.69) is 31.6 Å². The minimum Gasteiger partial charge on any atom is -0.457 e. The van der Waals surface area contributed by atoms with Gasteiger partial charge in [-0.05, 0) is 92.1 Å². The summed E-state index contributed by atoms with van der Waals surface area (Å²) in [5.74, 6) is 6.05. The van der Waals surface area contributed by atoms with Crippen LogP contribution in [-0.2, 0) is 23.9 Å². The molecule has 8 nitrogen and oxygen atoms in total. The van der Waals surface area contributed by atoms with E-state index in [1.807, 2.05) is 48.5 Å². The summed E-state index contributed by atoms with van der Waals surface area (Å²) < 4.78 is 26.5. The lowest BCUT2D eigenvalue weighted by Gasteiger charge is -2.12. The fourth-order valence-corrected chi connectivity index (χ4v) is 4.02. The summed E-state index contributed by atoms with van der Waals surface area (Å²) in [5, 5.41) is 0.